The first-order valence-corrected chi connectivity index (χ1v) is 4.50. The van der Waals surface area contributed by atoms with Crippen molar-refractivity contribution in [1.29, 1.82) is 0 Å². The van der Waals surface area contributed by atoms with Crippen LogP contribution in [0.2, 0.25) is 0 Å². The Morgan fingerprint density at radius 3 is 2.14 bits per heavy atom. The van der Waals surface area contributed by atoms with Crippen LogP contribution in [0.4, 0.5) is 0 Å². The van der Waals surface area contributed by atoms with Crippen LogP contribution in [0.5, 0.6) is 0 Å². The first-order chi connectivity index (χ1) is 6.69. The van der Waals surface area contributed by atoms with Crippen molar-refractivity contribution >= 4 is 11.5 Å². The average molecular weight is 190 g/mol. The highest BCUT2D eigenvalue weighted by molar-refractivity contribution is 5.89. The molecule has 0 unspecified atom stereocenters. The van der Waals surface area contributed by atoms with Crippen LogP contribution < -0.4 is 0 Å². The number of benzene rings is 1. The maximum absolute atomic E-state index is 11.1. The lowest BCUT2D eigenvalue weighted by Gasteiger charge is -2.02. The van der Waals surface area contributed by atoms with E-state index in [0.717, 1.165) is 5.56 Å². The third-order valence-corrected chi connectivity index (χ3v) is 2.19. The van der Waals surface area contributed by atoms with Crippen LogP contribution >= 0.6 is 0 Å². The minimum Gasteiger partial charge on any atom is -0.465 e. The van der Waals surface area contributed by atoms with Gasteiger partial charge in [0, 0.05) is 0 Å². The van der Waals surface area contributed by atoms with Crippen LogP contribution in [-0.2, 0) is 4.74 Å². The molecule has 0 N–H and O–H groups in total. The highest BCUT2D eigenvalue weighted by Crippen LogP contribution is 2.14. The fourth-order valence-corrected chi connectivity index (χ4v) is 1.15. The van der Waals surface area contributed by atoms with Crippen LogP contribution in [0.25, 0.3) is 5.57 Å². The molecule has 0 heterocycles. The summed E-state index contributed by atoms with van der Waals surface area (Å²) >= 11 is 0. The lowest BCUT2D eigenvalue weighted by Crippen LogP contribution is -2.00. The minimum atomic E-state index is -0.297. The molecule has 0 fully saturated rings. The zero-order valence-electron chi connectivity index (χ0n) is 8.70. The zero-order chi connectivity index (χ0) is 10.6. The number of hydrogen-bond donors (Lipinski definition) is 0. The Labute approximate surface area is 84.2 Å². The topological polar surface area (TPSA) is 26.3 Å². The van der Waals surface area contributed by atoms with Gasteiger partial charge >= 0.3 is 5.97 Å². The van der Waals surface area contributed by atoms with Crippen molar-refractivity contribution in [3.05, 3.63) is 41.5 Å². The van der Waals surface area contributed by atoms with Crippen LogP contribution in [0, 0.1) is 0 Å². The summed E-state index contributed by atoms with van der Waals surface area (Å²) in [6, 6.07) is 7.38. The minimum absolute atomic E-state index is 0.297. The smallest absolute Gasteiger partial charge is 0.337 e. The number of hydrogen-bond acceptors (Lipinski definition) is 2. The van der Waals surface area contributed by atoms with Crippen molar-refractivity contribution in [1.82, 2.24) is 0 Å². The zero-order valence-corrected chi connectivity index (χ0v) is 8.70. The summed E-state index contributed by atoms with van der Waals surface area (Å²) in [5.74, 6) is -0.297. The van der Waals surface area contributed by atoms with E-state index in [9.17, 15) is 4.79 Å². The molecule has 0 spiro atoms. The molecular weight excluding hydrogens is 176 g/mol. The predicted octanol–water partition coefficient (Wildman–Crippen LogP) is 2.90. The summed E-state index contributed by atoms with van der Waals surface area (Å²) < 4.78 is 4.61. The summed E-state index contributed by atoms with van der Waals surface area (Å²) in [4.78, 5) is 11.1. The Kier molecular flexibility index (Phi) is 3.46. The van der Waals surface area contributed by atoms with Gasteiger partial charge in [-0.25, -0.2) is 4.79 Å². The van der Waals surface area contributed by atoms with Crippen LogP contribution in [0.1, 0.15) is 29.8 Å². The van der Waals surface area contributed by atoms with Gasteiger partial charge in [0.1, 0.15) is 0 Å². The molecular formula is C12H14O2. The molecule has 1 rings (SSSR count). The second-order valence-corrected chi connectivity index (χ2v) is 3.04. The second kappa shape index (κ2) is 4.61. The van der Waals surface area contributed by atoms with E-state index in [2.05, 4.69) is 4.74 Å². The molecule has 0 saturated carbocycles. The van der Waals surface area contributed by atoms with Gasteiger partial charge in [-0.1, -0.05) is 18.2 Å². The Morgan fingerprint density at radius 1 is 1.21 bits per heavy atom. The summed E-state index contributed by atoms with van der Waals surface area (Å²) in [5, 5.41) is 0. The van der Waals surface area contributed by atoms with Gasteiger partial charge in [0.25, 0.3) is 0 Å². The average Bonchev–Trinajstić information content (AvgIpc) is 2.27. The summed E-state index contributed by atoms with van der Waals surface area (Å²) in [7, 11) is 1.38. The number of esters is 1. The third kappa shape index (κ3) is 2.22. The van der Waals surface area contributed by atoms with E-state index in [1.54, 1.807) is 12.1 Å². The van der Waals surface area contributed by atoms with Gasteiger partial charge in [0.15, 0.2) is 0 Å². The molecule has 0 radical (unpaired) electrons. The highest BCUT2D eigenvalue weighted by Gasteiger charge is 2.04. The Bertz CT molecular complexity index is 347. The van der Waals surface area contributed by atoms with Crippen molar-refractivity contribution < 1.29 is 9.53 Å². The molecule has 0 bridgehead atoms. The van der Waals surface area contributed by atoms with Gasteiger partial charge in [-0.2, -0.15) is 0 Å². The van der Waals surface area contributed by atoms with Gasteiger partial charge in [0.05, 0.1) is 12.7 Å². The molecule has 74 valence electrons. The first kappa shape index (κ1) is 10.5. The number of carbonyl (C=O) groups excluding carboxylic acids is 1. The molecule has 0 aliphatic heterocycles. The Balaban J connectivity index is 2.95. The first-order valence-electron chi connectivity index (χ1n) is 4.50. The van der Waals surface area contributed by atoms with Gasteiger partial charge in [-0.3, -0.25) is 0 Å². The van der Waals surface area contributed by atoms with Gasteiger partial charge in [-0.05, 0) is 37.1 Å². The molecule has 14 heavy (non-hydrogen) atoms. The van der Waals surface area contributed by atoms with E-state index in [1.165, 1.54) is 12.7 Å². The fraction of sp³-hybridized carbons (Fsp3) is 0.250. The summed E-state index contributed by atoms with van der Waals surface area (Å²) in [6.45, 7) is 4.02. The van der Waals surface area contributed by atoms with E-state index in [-0.39, 0.29) is 5.97 Å². The lowest BCUT2D eigenvalue weighted by atomic mass is 10.1. The lowest BCUT2D eigenvalue weighted by molar-refractivity contribution is 0.0601. The number of rotatable bonds is 2. The van der Waals surface area contributed by atoms with E-state index in [0.29, 0.717) is 5.56 Å². The molecule has 0 aromatic heterocycles. The Morgan fingerprint density at radius 2 is 1.71 bits per heavy atom. The van der Waals surface area contributed by atoms with E-state index < -0.39 is 0 Å². The Hall–Kier alpha value is -1.57. The van der Waals surface area contributed by atoms with Crippen LogP contribution in [0.3, 0.4) is 0 Å². The van der Waals surface area contributed by atoms with Crippen molar-refractivity contribution in [2.24, 2.45) is 0 Å². The van der Waals surface area contributed by atoms with Gasteiger partial charge < -0.3 is 4.74 Å². The largest absolute Gasteiger partial charge is 0.465 e. The van der Waals surface area contributed by atoms with Crippen LogP contribution in [-0.4, -0.2) is 13.1 Å². The summed E-state index contributed by atoms with van der Waals surface area (Å²) in [6.07, 6.45) is 2.03. The molecule has 2 nitrogen and oxygen atoms in total. The monoisotopic (exact) mass is 190 g/mol. The van der Waals surface area contributed by atoms with Crippen LogP contribution in [0.15, 0.2) is 30.3 Å². The van der Waals surface area contributed by atoms with Gasteiger partial charge in [0.2, 0.25) is 0 Å². The third-order valence-electron chi connectivity index (χ3n) is 2.19. The quantitative estimate of drug-likeness (QED) is 0.670. The molecule has 0 aliphatic carbocycles. The summed E-state index contributed by atoms with van der Waals surface area (Å²) in [5.41, 5.74) is 2.90. The second-order valence-electron chi connectivity index (χ2n) is 3.04. The predicted molar refractivity (Wildman–Crippen MR) is 57.1 cm³/mol. The normalized spacial score (nSPS) is 11.2. The molecule has 0 aliphatic rings. The van der Waals surface area contributed by atoms with Crippen molar-refractivity contribution in [3.8, 4) is 0 Å². The highest BCUT2D eigenvalue weighted by atomic mass is 16.5. The number of allylic oxidation sites excluding steroid dienone is 2. The van der Waals surface area contributed by atoms with Crippen molar-refractivity contribution in [3.63, 3.8) is 0 Å². The molecule has 1 aromatic carbocycles. The standard InChI is InChI=1S/C12H14O2/c1-4-9(2)10-5-7-11(8-6-10)12(13)14-3/h4-8H,1-3H3/b9-4+. The molecule has 0 atom stereocenters. The van der Waals surface area contributed by atoms with E-state index >= 15 is 0 Å². The number of methoxy groups -OCH3 is 1. The van der Waals surface area contributed by atoms with E-state index in [1.807, 2.05) is 32.1 Å². The van der Waals surface area contributed by atoms with E-state index in [4.69, 9.17) is 0 Å². The molecule has 2 heteroatoms. The fourth-order valence-electron chi connectivity index (χ4n) is 1.15. The maximum atomic E-state index is 11.1. The molecule has 1 aromatic rings. The van der Waals surface area contributed by atoms with Crippen molar-refractivity contribution in [2.75, 3.05) is 7.11 Å². The molecule has 0 saturated heterocycles. The van der Waals surface area contributed by atoms with Crippen molar-refractivity contribution in [2.45, 2.75) is 13.8 Å². The molecule has 0 amide bonds. The maximum Gasteiger partial charge on any atom is 0.337 e. The SMILES string of the molecule is C/C=C(\C)c1ccc(C(=O)OC)cc1. The van der Waals surface area contributed by atoms with Gasteiger partial charge in [-0.15, -0.1) is 0 Å². The number of ether oxygens (including phenoxy) is 1. The number of carbonyl (C=O) groups is 1.